The van der Waals surface area contributed by atoms with Crippen molar-refractivity contribution < 1.29 is 24.2 Å². The summed E-state index contributed by atoms with van der Waals surface area (Å²) >= 11 is 0. The molecule has 142 valence electrons. The lowest BCUT2D eigenvalue weighted by Gasteiger charge is -2.35. The second kappa shape index (κ2) is 6.61. The van der Waals surface area contributed by atoms with E-state index in [4.69, 9.17) is 9.47 Å². The van der Waals surface area contributed by atoms with Crippen LogP contribution >= 0.6 is 0 Å². The molecule has 1 aromatic heterocycles. The summed E-state index contributed by atoms with van der Waals surface area (Å²) in [5.41, 5.74) is -0.310. The van der Waals surface area contributed by atoms with Gasteiger partial charge in [0, 0.05) is 56.0 Å². The number of fused-ring (bicyclic) bond motifs is 3. The van der Waals surface area contributed by atoms with E-state index in [2.05, 4.69) is 5.10 Å². The first-order valence-electron chi connectivity index (χ1n) is 8.83. The molecule has 2 aliphatic rings. The SMILES string of the molecule is COc1ccc2c(c1)OCC1(C(=O)O)CN(C(=O)CCn3cccn3)CC21. The summed E-state index contributed by atoms with van der Waals surface area (Å²) in [6.07, 6.45) is 3.74. The van der Waals surface area contributed by atoms with Gasteiger partial charge in [-0.2, -0.15) is 5.10 Å². The molecule has 2 aromatic rings. The maximum Gasteiger partial charge on any atom is 0.315 e. The van der Waals surface area contributed by atoms with Crippen LogP contribution in [0.3, 0.4) is 0 Å². The first-order chi connectivity index (χ1) is 13.0. The van der Waals surface area contributed by atoms with Gasteiger partial charge < -0.3 is 19.5 Å². The molecule has 0 aliphatic carbocycles. The molecule has 0 spiro atoms. The van der Waals surface area contributed by atoms with Crippen molar-refractivity contribution in [1.29, 1.82) is 0 Å². The van der Waals surface area contributed by atoms with Crippen LogP contribution in [-0.4, -0.2) is 58.5 Å². The third kappa shape index (κ3) is 2.90. The van der Waals surface area contributed by atoms with E-state index in [0.717, 1.165) is 5.56 Å². The summed E-state index contributed by atoms with van der Waals surface area (Å²) in [6.45, 7) is 1.02. The number of hydrogen-bond donors (Lipinski definition) is 1. The minimum Gasteiger partial charge on any atom is -0.497 e. The topological polar surface area (TPSA) is 93.9 Å². The van der Waals surface area contributed by atoms with Gasteiger partial charge in [-0.25, -0.2) is 0 Å². The third-order valence-electron chi connectivity index (χ3n) is 5.52. The molecule has 8 heteroatoms. The van der Waals surface area contributed by atoms with Crippen molar-refractivity contribution in [1.82, 2.24) is 14.7 Å². The molecule has 8 nitrogen and oxygen atoms in total. The largest absolute Gasteiger partial charge is 0.497 e. The van der Waals surface area contributed by atoms with E-state index < -0.39 is 11.4 Å². The van der Waals surface area contributed by atoms with E-state index in [-0.39, 0.29) is 31.4 Å². The smallest absolute Gasteiger partial charge is 0.315 e. The second-order valence-corrected chi connectivity index (χ2v) is 7.00. The number of rotatable bonds is 5. The minimum absolute atomic E-state index is 0.0378. The number of amides is 1. The predicted molar refractivity (Wildman–Crippen MR) is 94.7 cm³/mol. The van der Waals surface area contributed by atoms with Crippen LogP contribution in [0.4, 0.5) is 0 Å². The monoisotopic (exact) mass is 371 g/mol. The summed E-state index contributed by atoms with van der Waals surface area (Å²) < 4.78 is 12.7. The Labute approximate surface area is 156 Å². The van der Waals surface area contributed by atoms with Crippen molar-refractivity contribution in [2.75, 3.05) is 26.8 Å². The summed E-state index contributed by atoms with van der Waals surface area (Å²) in [4.78, 5) is 26.5. The Morgan fingerprint density at radius 1 is 1.44 bits per heavy atom. The summed E-state index contributed by atoms with van der Waals surface area (Å²) in [7, 11) is 1.57. The molecule has 1 saturated heterocycles. The highest BCUT2D eigenvalue weighted by molar-refractivity contribution is 5.83. The molecule has 1 fully saturated rings. The Bertz CT molecular complexity index is 866. The molecular formula is C19H21N3O5. The number of ether oxygens (including phenoxy) is 2. The average molecular weight is 371 g/mol. The van der Waals surface area contributed by atoms with Gasteiger partial charge in [0.05, 0.1) is 7.11 Å². The zero-order valence-electron chi connectivity index (χ0n) is 15.0. The molecular weight excluding hydrogens is 350 g/mol. The number of carboxylic acids is 1. The van der Waals surface area contributed by atoms with E-state index >= 15 is 0 Å². The number of hydrogen-bond acceptors (Lipinski definition) is 5. The van der Waals surface area contributed by atoms with Crippen LogP contribution in [0.1, 0.15) is 17.9 Å². The van der Waals surface area contributed by atoms with E-state index in [9.17, 15) is 14.7 Å². The molecule has 0 saturated carbocycles. The van der Waals surface area contributed by atoms with Crippen molar-refractivity contribution >= 4 is 11.9 Å². The lowest BCUT2D eigenvalue weighted by molar-refractivity contribution is -0.152. The number of carbonyl (C=O) groups excluding carboxylic acids is 1. The fraction of sp³-hybridized carbons (Fsp3) is 0.421. The highest BCUT2D eigenvalue weighted by Crippen LogP contribution is 2.50. The molecule has 27 heavy (non-hydrogen) atoms. The fourth-order valence-corrected chi connectivity index (χ4v) is 3.98. The normalized spacial score (nSPS) is 23.3. The van der Waals surface area contributed by atoms with Crippen molar-refractivity contribution in [2.24, 2.45) is 5.41 Å². The van der Waals surface area contributed by atoms with Gasteiger partial charge in [-0.15, -0.1) is 0 Å². The number of likely N-dealkylation sites (tertiary alicyclic amines) is 1. The van der Waals surface area contributed by atoms with Gasteiger partial charge in [-0.3, -0.25) is 14.3 Å². The quantitative estimate of drug-likeness (QED) is 0.853. The standard InChI is InChI=1S/C19H21N3O5/c1-26-13-3-4-14-15-10-21(17(23)5-8-22-7-2-6-20-22)11-19(15,18(24)25)12-27-16(14)9-13/h2-4,6-7,9,15H,5,8,10-12H2,1H3,(H,24,25). The Morgan fingerprint density at radius 3 is 3.00 bits per heavy atom. The Kier molecular flexibility index (Phi) is 4.25. The van der Waals surface area contributed by atoms with Crippen LogP contribution in [0.5, 0.6) is 11.5 Å². The Morgan fingerprint density at radius 2 is 2.30 bits per heavy atom. The first kappa shape index (κ1) is 17.4. The van der Waals surface area contributed by atoms with Gasteiger partial charge >= 0.3 is 5.97 Å². The molecule has 4 rings (SSSR count). The molecule has 1 aromatic carbocycles. The molecule has 0 bridgehead atoms. The number of aliphatic carboxylic acids is 1. The summed E-state index contributed by atoms with van der Waals surface area (Å²) in [6, 6.07) is 7.20. The summed E-state index contributed by atoms with van der Waals surface area (Å²) in [5.74, 6) is -0.0333. The lowest BCUT2D eigenvalue weighted by Crippen LogP contribution is -2.46. The van der Waals surface area contributed by atoms with Gasteiger partial charge in [-0.1, -0.05) is 6.07 Å². The van der Waals surface area contributed by atoms with Crippen molar-refractivity contribution in [3.05, 3.63) is 42.2 Å². The van der Waals surface area contributed by atoms with Gasteiger partial charge in [-0.05, 0) is 12.1 Å². The second-order valence-electron chi connectivity index (χ2n) is 7.00. The number of aromatic nitrogens is 2. The molecule has 0 radical (unpaired) electrons. The molecule has 2 unspecified atom stereocenters. The number of carbonyl (C=O) groups is 2. The van der Waals surface area contributed by atoms with Crippen LogP contribution in [-0.2, 0) is 16.1 Å². The van der Waals surface area contributed by atoms with Crippen LogP contribution in [0.15, 0.2) is 36.7 Å². The number of nitrogens with zero attached hydrogens (tertiary/aromatic N) is 3. The van der Waals surface area contributed by atoms with Crippen LogP contribution in [0.2, 0.25) is 0 Å². The zero-order valence-corrected chi connectivity index (χ0v) is 15.0. The maximum absolute atomic E-state index is 12.7. The van der Waals surface area contributed by atoms with Gasteiger partial charge in [0.15, 0.2) is 0 Å². The maximum atomic E-state index is 12.7. The molecule has 2 atom stereocenters. The van der Waals surface area contributed by atoms with Gasteiger partial charge in [0.25, 0.3) is 0 Å². The molecule has 3 heterocycles. The highest BCUT2D eigenvalue weighted by atomic mass is 16.5. The van der Waals surface area contributed by atoms with Crippen molar-refractivity contribution in [3.8, 4) is 11.5 Å². The molecule has 2 aliphatic heterocycles. The van der Waals surface area contributed by atoms with E-state index in [1.807, 2.05) is 6.07 Å². The number of aryl methyl sites for hydroxylation is 1. The van der Waals surface area contributed by atoms with E-state index in [0.29, 0.717) is 24.6 Å². The lowest BCUT2D eigenvalue weighted by atomic mass is 9.73. The van der Waals surface area contributed by atoms with Crippen LogP contribution in [0.25, 0.3) is 0 Å². The molecule has 1 amide bonds. The third-order valence-corrected chi connectivity index (χ3v) is 5.52. The fourth-order valence-electron chi connectivity index (χ4n) is 3.98. The minimum atomic E-state index is -1.12. The first-order valence-corrected chi connectivity index (χ1v) is 8.83. The zero-order chi connectivity index (χ0) is 19.0. The van der Waals surface area contributed by atoms with Crippen LogP contribution < -0.4 is 9.47 Å². The number of carboxylic acid groups (broad SMARTS) is 1. The van der Waals surface area contributed by atoms with E-state index in [1.54, 1.807) is 47.3 Å². The number of benzene rings is 1. The number of methoxy groups -OCH3 is 1. The highest BCUT2D eigenvalue weighted by Gasteiger charge is 2.57. The average Bonchev–Trinajstić information content (AvgIpc) is 3.33. The molecule has 1 N–H and O–H groups in total. The summed E-state index contributed by atoms with van der Waals surface area (Å²) in [5, 5.41) is 14.0. The van der Waals surface area contributed by atoms with Gasteiger partial charge in [0.1, 0.15) is 23.5 Å². The Balaban J connectivity index is 1.57. The van der Waals surface area contributed by atoms with Crippen LogP contribution in [0, 0.1) is 5.41 Å². The Hall–Kier alpha value is -3.03. The van der Waals surface area contributed by atoms with Crippen molar-refractivity contribution in [3.63, 3.8) is 0 Å². The van der Waals surface area contributed by atoms with Crippen molar-refractivity contribution in [2.45, 2.75) is 18.9 Å². The van der Waals surface area contributed by atoms with E-state index in [1.165, 1.54) is 0 Å². The van der Waals surface area contributed by atoms with Gasteiger partial charge in [0.2, 0.25) is 5.91 Å². The predicted octanol–water partition coefficient (Wildman–Crippen LogP) is 1.37.